The van der Waals surface area contributed by atoms with Crippen LogP contribution in [0.3, 0.4) is 0 Å². The van der Waals surface area contributed by atoms with Crippen molar-refractivity contribution in [2.45, 2.75) is 6.42 Å². The molecule has 0 aliphatic carbocycles. The van der Waals surface area contributed by atoms with Crippen LogP contribution >= 0.6 is 0 Å². The molecule has 0 unspecified atom stereocenters. The van der Waals surface area contributed by atoms with E-state index in [9.17, 15) is 9.59 Å². The highest BCUT2D eigenvalue weighted by Gasteiger charge is 2.12. The number of nitrogens with zero attached hydrogens (tertiary/aromatic N) is 2. The van der Waals surface area contributed by atoms with E-state index in [1.807, 2.05) is 36.4 Å². The Hall–Kier alpha value is -4.20. The summed E-state index contributed by atoms with van der Waals surface area (Å²) in [6.45, 7) is 0.991. The average molecular weight is 415 g/mol. The summed E-state index contributed by atoms with van der Waals surface area (Å²) in [6.07, 6.45) is 3.55. The lowest BCUT2D eigenvalue weighted by molar-refractivity contribution is -0.120. The van der Waals surface area contributed by atoms with Crippen LogP contribution in [0.5, 0.6) is 0 Å². The van der Waals surface area contributed by atoms with Crippen molar-refractivity contribution in [1.29, 1.82) is 0 Å². The molecule has 2 aromatic heterocycles. The van der Waals surface area contributed by atoms with Crippen LogP contribution in [0.1, 0.15) is 16.1 Å². The minimum absolute atomic E-state index is 0.0881. The third kappa shape index (κ3) is 5.45. The molecule has 0 aliphatic rings. The summed E-state index contributed by atoms with van der Waals surface area (Å²) >= 11 is 0. The summed E-state index contributed by atoms with van der Waals surface area (Å²) in [5, 5.41) is 9.55. The molecule has 8 nitrogen and oxygen atoms in total. The van der Waals surface area contributed by atoms with Crippen LogP contribution in [0.15, 0.2) is 77.5 Å². The van der Waals surface area contributed by atoms with E-state index >= 15 is 0 Å². The number of anilines is 2. The number of carbonyl (C=O) groups is 2. The maximum atomic E-state index is 12.4. The molecule has 0 radical (unpaired) electrons. The number of nitrogens with one attached hydrogen (secondary N) is 3. The smallest absolute Gasteiger partial charge is 0.291 e. The fourth-order valence-electron chi connectivity index (χ4n) is 3.01. The largest absolute Gasteiger partial charge is 0.451 e. The standard InChI is InChI=1S/C23H21N5O3/c29-21(24-12-13-27-23-25-10-3-11-26-23)14-16-6-8-18(9-7-16)28-22(30)20-15-17-4-1-2-5-19(17)31-20/h1-11,15H,12-14H2,(H,24,29)(H,28,30)(H,25,26,27). The Kier molecular flexibility index (Phi) is 6.18. The summed E-state index contributed by atoms with van der Waals surface area (Å²) in [7, 11) is 0. The molecule has 4 aromatic rings. The van der Waals surface area contributed by atoms with E-state index in [-0.39, 0.29) is 24.0 Å². The van der Waals surface area contributed by atoms with Crippen LogP contribution in [0.25, 0.3) is 11.0 Å². The van der Waals surface area contributed by atoms with Gasteiger partial charge in [-0.15, -0.1) is 0 Å². The molecule has 0 saturated carbocycles. The summed E-state index contributed by atoms with van der Waals surface area (Å²) in [5.74, 6) is 0.364. The molecule has 0 bridgehead atoms. The van der Waals surface area contributed by atoms with E-state index in [0.29, 0.717) is 30.3 Å². The molecule has 31 heavy (non-hydrogen) atoms. The highest BCUT2D eigenvalue weighted by atomic mass is 16.3. The summed E-state index contributed by atoms with van der Waals surface area (Å²) in [6, 6.07) is 18.0. The molecule has 8 heteroatoms. The Morgan fingerprint density at radius 2 is 1.68 bits per heavy atom. The number of furan rings is 1. The van der Waals surface area contributed by atoms with Crippen LogP contribution in [-0.2, 0) is 11.2 Å². The van der Waals surface area contributed by atoms with Gasteiger partial charge in [0.2, 0.25) is 11.9 Å². The lowest BCUT2D eigenvalue weighted by Gasteiger charge is -2.08. The molecule has 156 valence electrons. The molecular weight excluding hydrogens is 394 g/mol. The number of hydrogen-bond acceptors (Lipinski definition) is 6. The lowest BCUT2D eigenvalue weighted by atomic mass is 10.1. The molecule has 2 amide bonds. The van der Waals surface area contributed by atoms with Gasteiger partial charge in [-0.1, -0.05) is 30.3 Å². The molecule has 0 aliphatic heterocycles. The van der Waals surface area contributed by atoms with Crippen LogP contribution in [0.2, 0.25) is 0 Å². The zero-order valence-corrected chi connectivity index (χ0v) is 16.7. The van der Waals surface area contributed by atoms with Gasteiger partial charge in [0.05, 0.1) is 6.42 Å². The fraction of sp³-hybridized carbons (Fsp3) is 0.130. The van der Waals surface area contributed by atoms with E-state index in [0.717, 1.165) is 10.9 Å². The summed E-state index contributed by atoms with van der Waals surface area (Å²) in [4.78, 5) is 32.6. The monoisotopic (exact) mass is 415 g/mol. The first-order valence-corrected chi connectivity index (χ1v) is 9.84. The minimum atomic E-state index is -0.323. The van der Waals surface area contributed by atoms with Crippen molar-refractivity contribution in [3.05, 3.63) is 84.4 Å². The predicted molar refractivity (Wildman–Crippen MR) is 118 cm³/mol. The van der Waals surface area contributed by atoms with Gasteiger partial charge in [0, 0.05) is 36.6 Å². The van der Waals surface area contributed by atoms with Crippen molar-refractivity contribution in [2.75, 3.05) is 23.7 Å². The van der Waals surface area contributed by atoms with Gasteiger partial charge in [0.1, 0.15) is 5.58 Å². The number of carbonyl (C=O) groups excluding carboxylic acids is 2. The molecule has 0 saturated heterocycles. The number of aromatic nitrogens is 2. The number of hydrogen-bond donors (Lipinski definition) is 3. The van der Waals surface area contributed by atoms with E-state index in [1.54, 1.807) is 36.7 Å². The quantitative estimate of drug-likeness (QED) is 0.381. The van der Waals surface area contributed by atoms with Crippen LogP contribution in [0.4, 0.5) is 11.6 Å². The average Bonchev–Trinajstić information content (AvgIpc) is 3.23. The summed E-state index contributed by atoms with van der Waals surface area (Å²) < 4.78 is 5.58. The second kappa shape index (κ2) is 9.53. The van der Waals surface area contributed by atoms with Crippen molar-refractivity contribution in [2.24, 2.45) is 0 Å². The number of para-hydroxylation sites is 1. The van der Waals surface area contributed by atoms with Crippen molar-refractivity contribution in [3.8, 4) is 0 Å². The molecular formula is C23H21N5O3. The van der Waals surface area contributed by atoms with E-state index in [1.165, 1.54) is 0 Å². The third-order valence-electron chi connectivity index (χ3n) is 4.52. The topological polar surface area (TPSA) is 109 Å². The van der Waals surface area contributed by atoms with Gasteiger partial charge < -0.3 is 20.4 Å². The van der Waals surface area contributed by atoms with Crippen molar-refractivity contribution >= 4 is 34.4 Å². The number of amides is 2. The number of benzene rings is 2. The molecule has 0 spiro atoms. The van der Waals surface area contributed by atoms with Gasteiger partial charge in [-0.25, -0.2) is 9.97 Å². The second-order valence-corrected chi connectivity index (χ2v) is 6.83. The van der Waals surface area contributed by atoms with Gasteiger partial charge in [0.15, 0.2) is 5.76 Å². The van der Waals surface area contributed by atoms with Crippen LogP contribution in [0, 0.1) is 0 Å². The van der Waals surface area contributed by atoms with Gasteiger partial charge in [-0.3, -0.25) is 9.59 Å². The Labute approximate surface area is 178 Å². The second-order valence-electron chi connectivity index (χ2n) is 6.83. The zero-order chi connectivity index (χ0) is 21.5. The predicted octanol–water partition coefficient (Wildman–Crippen LogP) is 3.25. The zero-order valence-electron chi connectivity index (χ0n) is 16.7. The van der Waals surface area contributed by atoms with Gasteiger partial charge in [-0.05, 0) is 35.9 Å². The van der Waals surface area contributed by atoms with Gasteiger partial charge >= 0.3 is 0 Å². The molecule has 0 atom stereocenters. The lowest BCUT2D eigenvalue weighted by Crippen LogP contribution is -2.30. The van der Waals surface area contributed by atoms with E-state index in [2.05, 4.69) is 25.9 Å². The summed E-state index contributed by atoms with van der Waals surface area (Å²) in [5.41, 5.74) is 2.14. The van der Waals surface area contributed by atoms with Crippen molar-refractivity contribution in [1.82, 2.24) is 15.3 Å². The Morgan fingerprint density at radius 3 is 2.45 bits per heavy atom. The minimum Gasteiger partial charge on any atom is -0.451 e. The number of rotatable bonds is 8. The van der Waals surface area contributed by atoms with Gasteiger partial charge in [0.25, 0.3) is 5.91 Å². The molecule has 4 rings (SSSR count). The van der Waals surface area contributed by atoms with E-state index < -0.39 is 0 Å². The Bertz CT molecular complexity index is 1140. The van der Waals surface area contributed by atoms with Crippen LogP contribution < -0.4 is 16.0 Å². The first-order valence-electron chi connectivity index (χ1n) is 9.84. The van der Waals surface area contributed by atoms with Crippen molar-refractivity contribution in [3.63, 3.8) is 0 Å². The van der Waals surface area contributed by atoms with Crippen LogP contribution in [-0.4, -0.2) is 34.9 Å². The highest BCUT2D eigenvalue weighted by Crippen LogP contribution is 2.20. The Balaban J connectivity index is 1.24. The fourth-order valence-corrected chi connectivity index (χ4v) is 3.01. The maximum Gasteiger partial charge on any atom is 0.291 e. The molecule has 3 N–H and O–H groups in total. The highest BCUT2D eigenvalue weighted by molar-refractivity contribution is 6.04. The first kappa shape index (κ1) is 20.1. The molecule has 2 aromatic carbocycles. The van der Waals surface area contributed by atoms with Crippen molar-refractivity contribution < 1.29 is 14.0 Å². The SMILES string of the molecule is O=C(Cc1ccc(NC(=O)c2cc3ccccc3o2)cc1)NCCNc1ncccn1. The third-order valence-corrected chi connectivity index (χ3v) is 4.52. The maximum absolute atomic E-state index is 12.4. The Morgan fingerprint density at radius 1 is 0.903 bits per heavy atom. The molecule has 2 heterocycles. The normalized spacial score (nSPS) is 10.6. The molecule has 0 fully saturated rings. The van der Waals surface area contributed by atoms with Gasteiger partial charge in [-0.2, -0.15) is 0 Å². The van der Waals surface area contributed by atoms with E-state index in [4.69, 9.17) is 4.42 Å². The first-order chi connectivity index (χ1) is 15.2. The number of fused-ring (bicyclic) bond motifs is 1.